The summed E-state index contributed by atoms with van der Waals surface area (Å²) in [5.74, 6) is -0.477. The van der Waals surface area contributed by atoms with Gasteiger partial charge in [-0.05, 0) is 99.6 Å². The van der Waals surface area contributed by atoms with Gasteiger partial charge in [-0.15, -0.1) is 0 Å². The van der Waals surface area contributed by atoms with Crippen molar-refractivity contribution in [1.29, 1.82) is 0 Å². The second-order valence-electron chi connectivity index (χ2n) is 14.9. The average Bonchev–Trinajstić information content (AvgIpc) is 3.87. The van der Waals surface area contributed by atoms with Gasteiger partial charge in [-0.2, -0.15) is 4.72 Å². The summed E-state index contributed by atoms with van der Waals surface area (Å²) in [7, 11) is -3.99. The van der Waals surface area contributed by atoms with Crippen LogP contribution in [0.4, 0.5) is 5.69 Å². The van der Waals surface area contributed by atoms with E-state index in [1.807, 2.05) is 79.7 Å². The molecular weight excluding hydrogens is 701 g/mol. The molecule has 3 heterocycles. The molecule has 3 saturated heterocycles. The van der Waals surface area contributed by atoms with Crippen LogP contribution in [0.1, 0.15) is 72.3 Å². The van der Waals surface area contributed by atoms with E-state index in [0.717, 1.165) is 47.5 Å². The molecule has 1 amide bonds. The van der Waals surface area contributed by atoms with Crippen LogP contribution < -0.4 is 10.0 Å². The molecule has 0 saturated carbocycles. The van der Waals surface area contributed by atoms with Crippen LogP contribution in [0, 0.1) is 6.92 Å². The zero-order valence-electron chi connectivity index (χ0n) is 31.0. The molecule has 0 aliphatic carbocycles. The van der Waals surface area contributed by atoms with E-state index in [9.17, 15) is 18.3 Å². The number of likely N-dealkylation sites (tertiary alicyclic amines) is 2. The molecular formula is C43H52N4O6S. The highest BCUT2D eigenvalue weighted by molar-refractivity contribution is 7.89. The number of anilines is 1. The van der Waals surface area contributed by atoms with Crippen molar-refractivity contribution in [2.24, 2.45) is 0 Å². The molecule has 0 unspecified atom stereocenters. The highest BCUT2D eigenvalue weighted by Crippen LogP contribution is 2.39. The molecule has 54 heavy (non-hydrogen) atoms. The predicted molar refractivity (Wildman–Crippen MR) is 209 cm³/mol. The number of carbonyl (C=O) groups excluding carboxylic acids is 1. The van der Waals surface area contributed by atoms with Gasteiger partial charge in [-0.25, -0.2) is 8.42 Å². The lowest BCUT2D eigenvalue weighted by Gasteiger charge is -2.39. The normalized spacial score (nSPS) is 23.0. The topological polar surface area (TPSA) is 120 Å². The fraction of sp³-hybridized carbons (Fsp3) is 0.419. The van der Waals surface area contributed by atoms with Crippen molar-refractivity contribution in [3.63, 3.8) is 0 Å². The van der Waals surface area contributed by atoms with Gasteiger partial charge in [-0.1, -0.05) is 84.4 Å². The van der Waals surface area contributed by atoms with Crippen LogP contribution in [0.15, 0.2) is 108 Å². The molecule has 11 heteroatoms. The quantitative estimate of drug-likeness (QED) is 0.141. The maximum absolute atomic E-state index is 13.9. The lowest BCUT2D eigenvalue weighted by atomic mass is 9.99. The van der Waals surface area contributed by atoms with Gasteiger partial charge < -0.3 is 24.8 Å². The van der Waals surface area contributed by atoms with Gasteiger partial charge in [-0.3, -0.25) is 9.69 Å². The van der Waals surface area contributed by atoms with E-state index in [2.05, 4.69) is 19.8 Å². The molecule has 0 radical (unpaired) electrons. The second kappa shape index (κ2) is 17.7. The minimum atomic E-state index is -3.99. The molecule has 3 aliphatic rings. The maximum atomic E-state index is 13.9. The first-order valence-electron chi connectivity index (χ1n) is 19.2. The van der Waals surface area contributed by atoms with Crippen molar-refractivity contribution in [3.05, 3.63) is 131 Å². The maximum Gasteiger partial charge on any atom is 0.242 e. The van der Waals surface area contributed by atoms with Crippen molar-refractivity contribution in [1.82, 2.24) is 14.5 Å². The number of carbonyl (C=O) groups is 1. The van der Waals surface area contributed by atoms with E-state index >= 15 is 0 Å². The summed E-state index contributed by atoms with van der Waals surface area (Å²) in [5.41, 5.74) is 4.89. The van der Waals surface area contributed by atoms with Crippen LogP contribution in [-0.2, 0) is 37.3 Å². The van der Waals surface area contributed by atoms with Gasteiger partial charge in [0.15, 0.2) is 6.29 Å². The fourth-order valence-electron chi connectivity index (χ4n) is 7.90. The van der Waals surface area contributed by atoms with Crippen molar-refractivity contribution in [2.75, 3.05) is 38.0 Å². The van der Waals surface area contributed by atoms with Crippen LogP contribution in [0.3, 0.4) is 0 Å². The van der Waals surface area contributed by atoms with Crippen LogP contribution in [0.5, 0.6) is 0 Å². The van der Waals surface area contributed by atoms with Gasteiger partial charge >= 0.3 is 0 Å². The van der Waals surface area contributed by atoms with Crippen molar-refractivity contribution in [2.45, 2.75) is 87.5 Å². The minimum Gasteiger partial charge on any atom is -0.392 e. The third-order valence-electron chi connectivity index (χ3n) is 10.9. The summed E-state index contributed by atoms with van der Waals surface area (Å²) in [6.07, 6.45) is 4.80. The smallest absolute Gasteiger partial charge is 0.242 e. The Morgan fingerprint density at radius 3 is 2.33 bits per heavy atom. The molecule has 3 fully saturated rings. The van der Waals surface area contributed by atoms with Gasteiger partial charge in [0.1, 0.15) is 6.04 Å². The molecule has 3 N–H and O–H groups in total. The minimum absolute atomic E-state index is 0.0222. The number of aryl methyl sites for hydroxylation is 1. The Labute approximate surface area is 319 Å². The van der Waals surface area contributed by atoms with Gasteiger partial charge in [0, 0.05) is 36.8 Å². The fourth-order valence-corrected chi connectivity index (χ4v) is 9.10. The number of nitrogens with one attached hydrogen (secondary N) is 2. The molecule has 286 valence electrons. The molecule has 4 aromatic carbocycles. The number of aliphatic hydroxyl groups is 1. The molecule has 10 nitrogen and oxygen atoms in total. The van der Waals surface area contributed by atoms with E-state index in [0.29, 0.717) is 18.2 Å². The van der Waals surface area contributed by atoms with Crippen LogP contribution in [-0.4, -0.2) is 80.1 Å². The summed E-state index contributed by atoms with van der Waals surface area (Å²) in [6, 6.07) is 30.7. The summed E-state index contributed by atoms with van der Waals surface area (Å²) >= 11 is 0. The molecule has 0 aromatic heterocycles. The van der Waals surface area contributed by atoms with Crippen molar-refractivity contribution < 1.29 is 27.8 Å². The van der Waals surface area contributed by atoms with Crippen LogP contribution in [0.25, 0.3) is 0 Å². The number of benzene rings is 4. The van der Waals surface area contributed by atoms with E-state index < -0.39 is 28.3 Å². The molecule has 0 spiro atoms. The Morgan fingerprint density at radius 1 is 0.833 bits per heavy atom. The number of aliphatic hydroxyl groups excluding tert-OH is 1. The van der Waals surface area contributed by atoms with Gasteiger partial charge in [0.05, 0.1) is 23.7 Å². The Bertz CT molecular complexity index is 1940. The van der Waals surface area contributed by atoms with Crippen molar-refractivity contribution >= 4 is 21.6 Å². The Morgan fingerprint density at radius 2 is 1.59 bits per heavy atom. The van der Waals surface area contributed by atoms with Crippen LogP contribution in [0.2, 0.25) is 0 Å². The number of rotatable bonds is 14. The van der Waals surface area contributed by atoms with Crippen molar-refractivity contribution in [3.8, 4) is 0 Å². The molecule has 3 aliphatic heterocycles. The Hall–Kier alpha value is -3.94. The van der Waals surface area contributed by atoms with E-state index in [1.165, 1.54) is 38.8 Å². The summed E-state index contributed by atoms with van der Waals surface area (Å²) in [6.45, 7) is 7.21. The van der Waals surface area contributed by atoms with E-state index in [4.69, 9.17) is 9.47 Å². The lowest BCUT2D eigenvalue weighted by Crippen LogP contribution is -2.45. The number of hydrogen-bond donors (Lipinski definition) is 3. The SMILES string of the molecule is Cc1ccc(S(=O)(=O)N[C@H](Cc2ccccc2)C(=O)Nc2cccc([C@H]3O[C@@H](CN4CCC[C@H]4CN4CCCC4)C[C@@H](c4ccc(CO)cc4)O3)c2)cc1. The number of sulfonamides is 1. The number of ether oxygens (including phenoxy) is 2. The summed E-state index contributed by atoms with van der Waals surface area (Å²) < 4.78 is 43.0. The summed E-state index contributed by atoms with van der Waals surface area (Å²) in [4.78, 5) is 19.2. The predicted octanol–water partition coefficient (Wildman–Crippen LogP) is 6.12. The summed E-state index contributed by atoms with van der Waals surface area (Å²) in [5, 5.41) is 12.6. The highest BCUT2D eigenvalue weighted by atomic mass is 32.2. The molecule has 0 bridgehead atoms. The zero-order chi connectivity index (χ0) is 37.5. The standard InChI is InChI=1S/C43H52N4O6S/c1-31-14-20-39(21-15-31)54(50,51)45-40(25-32-9-3-2-4-10-32)42(49)44-36-12-7-11-35(26-36)43-52-38(27-41(53-43)34-18-16-33(30-48)17-19-34)29-47-24-8-13-37(47)28-46-22-5-6-23-46/h2-4,7,9-12,14-21,26,37-38,40-41,43,45,48H,5-6,8,13,22-25,27-30H2,1H3,(H,44,49)/t37-,38+,40+,41-,43-/m0/s1. The van der Waals surface area contributed by atoms with E-state index in [1.54, 1.807) is 30.3 Å². The first kappa shape index (κ1) is 38.3. The first-order valence-corrected chi connectivity index (χ1v) is 20.7. The first-order chi connectivity index (χ1) is 26.2. The third-order valence-corrected chi connectivity index (χ3v) is 12.4. The molecule has 5 atom stereocenters. The third kappa shape index (κ3) is 9.83. The number of hydrogen-bond acceptors (Lipinski definition) is 8. The van der Waals surface area contributed by atoms with E-state index in [-0.39, 0.29) is 30.1 Å². The number of amides is 1. The zero-order valence-corrected chi connectivity index (χ0v) is 31.8. The largest absolute Gasteiger partial charge is 0.392 e. The van der Waals surface area contributed by atoms with Gasteiger partial charge in [0.2, 0.25) is 15.9 Å². The lowest BCUT2D eigenvalue weighted by molar-refractivity contribution is -0.253. The van der Waals surface area contributed by atoms with Gasteiger partial charge in [0.25, 0.3) is 0 Å². The Kier molecular flexibility index (Phi) is 12.6. The Balaban J connectivity index is 1.10. The monoisotopic (exact) mass is 752 g/mol. The average molecular weight is 753 g/mol. The molecule has 7 rings (SSSR count). The number of nitrogens with zero attached hydrogens (tertiary/aromatic N) is 2. The second-order valence-corrected chi connectivity index (χ2v) is 16.7. The highest BCUT2D eigenvalue weighted by Gasteiger charge is 2.36. The molecule has 4 aromatic rings. The van der Waals surface area contributed by atoms with Crippen LogP contribution >= 0.6 is 0 Å².